The number of benzene rings is 1. The van der Waals surface area contributed by atoms with E-state index >= 15 is 0 Å². The van der Waals surface area contributed by atoms with E-state index in [9.17, 15) is 9.18 Å². The van der Waals surface area contributed by atoms with E-state index in [0.29, 0.717) is 12.2 Å². The fourth-order valence-corrected chi connectivity index (χ4v) is 2.64. The van der Waals surface area contributed by atoms with Crippen LogP contribution in [0.1, 0.15) is 19.3 Å². The smallest absolute Gasteiger partial charge is 0.227 e. The lowest BCUT2D eigenvalue weighted by Gasteiger charge is -2.17. The van der Waals surface area contributed by atoms with Gasteiger partial charge in [0, 0.05) is 17.7 Å². The molecule has 0 saturated heterocycles. The minimum absolute atomic E-state index is 0.0600. The maximum Gasteiger partial charge on any atom is 0.227 e. The Morgan fingerprint density at radius 1 is 1.53 bits per heavy atom. The third-order valence-electron chi connectivity index (χ3n) is 3.72. The summed E-state index contributed by atoms with van der Waals surface area (Å²) in [6.07, 6.45) is 2.87. The van der Waals surface area contributed by atoms with Gasteiger partial charge in [0.25, 0.3) is 0 Å². The highest BCUT2D eigenvalue weighted by Crippen LogP contribution is 2.32. The summed E-state index contributed by atoms with van der Waals surface area (Å²) in [5.41, 5.74) is 6.11. The van der Waals surface area contributed by atoms with Crippen molar-refractivity contribution in [3.63, 3.8) is 0 Å². The van der Waals surface area contributed by atoms with Gasteiger partial charge >= 0.3 is 0 Å². The van der Waals surface area contributed by atoms with Gasteiger partial charge in [0.2, 0.25) is 5.91 Å². The molecule has 2 unspecified atom stereocenters. The number of rotatable bonds is 4. The molecule has 0 spiro atoms. The van der Waals surface area contributed by atoms with Gasteiger partial charge in [-0.15, -0.1) is 0 Å². The molecule has 0 heterocycles. The highest BCUT2D eigenvalue weighted by molar-refractivity contribution is 5.93. The summed E-state index contributed by atoms with van der Waals surface area (Å²) in [5, 5.41) is 2.75. The number of hydrogen-bond donors (Lipinski definition) is 2. The molecule has 1 aromatic rings. The molecule has 104 valence electrons. The summed E-state index contributed by atoms with van der Waals surface area (Å²) in [6.45, 7) is 0.523. The normalized spacial score (nSPS) is 22.3. The van der Waals surface area contributed by atoms with E-state index in [-0.39, 0.29) is 23.5 Å². The van der Waals surface area contributed by atoms with Crippen LogP contribution in [0.2, 0.25) is 0 Å². The molecule has 1 fully saturated rings. The molecular weight excluding hydrogens is 247 g/mol. The number of carbonyl (C=O) groups is 1. The second-order valence-electron chi connectivity index (χ2n) is 4.87. The molecule has 4 nitrogen and oxygen atoms in total. The van der Waals surface area contributed by atoms with E-state index in [4.69, 9.17) is 10.5 Å². The van der Waals surface area contributed by atoms with Crippen LogP contribution >= 0.6 is 0 Å². The van der Waals surface area contributed by atoms with E-state index in [1.807, 2.05) is 0 Å². The summed E-state index contributed by atoms with van der Waals surface area (Å²) >= 11 is 0. The third-order valence-corrected chi connectivity index (χ3v) is 3.72. The summed E-state index contributed by atoms with van der Waals surface area (Å²) in [5.74, 6) is -0.212. The maximum absolute atomic E-state index is 13.5. The van der Waals surface area contributed by atoms with Crippen molar-refractivity contribution in [3.05, 3.63) is 24.0 Å². The van der Waals surface area contributed by atoms with Crippen molar-refractivity contribution in [2.75, 3.05) is 19.0 Å². The molecule has 3 N–H and O–H groups in total. The van der Waals surface area contributed by atoms with Crippen molar-refractivity contribution in [2.45, 2.75) is 19.3 Å². The number of ether oxygens (including phenoxy) is 1. The van der Waals surface area contributed by atoms with Crippen molar-refractivity contribution in [3.8, 4) is 5.75 Å². The minimum Gasteiger partial charge on any atom is -0.494 e. The Morgan fingerprint density at radius 2 is 2.32 bits per heavy atom. The first-order valence-electron chi connectivity index (χ1n) is 6.50. The second kappa shape index (κ2) is 6.02. The summed E-state index contributed by atoms with van der Waals surface area (Å²) in [7, 11) is 1.40. The number of nitrogens with two attached hydrogens (primary N) is 1. The van der Waals surface area contributed by atoms with Gasteiger partial charge in [0.1, 0.15) is 0 Å². The van der Waals surface area contributed by atoms with Gasteiger partial charge < -0.3 is 15.8 Å². The molecule has 0 aromatic heterocycles. The number of hydrogen-bond acceptors (Lipinski definition) is 3. The van der Waals surface area contributed by atoms with Crippen molar-refractivity contribution in [1.29, 1.82) is 0 Å². The Morgan fingerprint density at radius 3 is 2.95 bits per heavy atom. The van der Waals surface area contributed by atoms with Crippen LogP contribution in [0.3, 0.4) is 0 Å². The Kier molecular flexibility index (Phi) is 4.37. The lowest BCUT2D eigenvalue weighted by Crippen LogP contribution is -2.29. The van der Waals surface area contributed by atoms with Crippen LogP contribution in [-0.4, -0.2) is 19.6 Å². The first kappa shape index (κ1) is 13.8. The molecule has 2 atom stereocenters. The second-order valence-corrected chi connectivity index (χ2v) is 4.87. The molecule has 1 amide bonds. The first-order chi connectivity index (χ1) is 9.15. The number of methoxy groups -OCH3 is 1. The predicted molar refractivity (Wildman–Crippen MR) is 71.5 cm³/mol. The third kappa shape index (κ3) is 3.04. The van der Waals surface area contributed by atoms with Crippen molar-refractivity contribution in [2.24, 2.45) is 17.6 Å². The Hall–Kier alpha value is -1.62. The number of amides is 1. The monoisotopic (exact) mass is 266 g/mol. The standard InChI is InChI=1S/C14H19FN2O2/c1-19-13-6-5-10(7-12(13)15)17-14(18)11-4-2-3-9(11)8-16/h5-7,9,11H,2-4,8,16H2,1H3,(H,17,18). The van der Waals surface area contributed by atoms with Crippen molar-refractivity contribution in [1.82, 2.24) is 0 Å². The highest BCUT2D eigenvalue weighted by atomic mass is 19.1. The number of anilines is 1. The van der Waals surface area contributed by atoms with Gasteiger partial charge in [-0.2, -0.15) is 0 Å². The molecule has 5 heteroatoms. The molecule has 1 aromatic carbocycles. The van der Waals surface area contributed by atoms with E-state index in [1.54, 1.807) is 6.07 Å². The van der Waals surface area contributed by atoms with Crippen LogP contribution < -0.4 is 15.8 Å². The number of halogens is 1. The number of nitrogens with one attached hydrogen (secondary N) is 1. The van der Waals surface area contributed by atoms with Crippen LogP contribution in [0.25, 0.3) is 0 Å². The zero-order valence-corrected chi connectivity index (χ0v) is 11.0. The van der Waals surface area contributed by atoms with Crippen molar-refractivity contribution < 1.29 is 13.9 Å². The Balaban J connectivity index is 2.04. The van der Waals surface area contributed by atoms with E-state index < -0.39 is 5.82 Å². The van der Waals surface area contributed by atoms with Crippen LogP contribution in [0, 0.1) is 17.7 Å². The van der Waals surface area contributed by atoms with Crippen LogP contribution in [0.4, 0.5) is 10.1 Å². The summed E-state index contributed by atoms with van der Waals surface area (Å²) in [6, 6.07) is 4.40. The Bertz CT molecular complexity index is 465. The van der Waals surface area contributed by atoms with E-state index in [1.165, 1.54) is 19.2 Å². The first-order valence-corrected chi connectivity index (χ1v) is 6.50. The zero-order valence-electron chi connectivity index (χ0n) is 11.0. The van der Waals surface area contributed by atoms with E-state index in [2.05, 4.69) is 5.32 Å². The molecule has 19 heavy (non-hydrogen) atoms. The lowest BCUT2D eigenvalue weighted by molar-refractivity contribution is -0.120. The largest absolute Gasteiger partial charge is 0.494 e. The highest BCUT2D eigenvalue weighted by Gasteiger charge is 2.31. The van der Waals surface area contributed by atoms with Crippen LogP contribution in [-0.2, 0) is 4.79 Å². The van der Waals surface area contributed by atoms with Gasteiger partial charge in [-0.1, -0.05) is 6.42 Å². The van der Waals surface area contributed by atoms with Crippen molar-refractivity contribution >= 4 is 11.6 Å². The van der Waals surface area contributed by atoms with Gasteiger partial charge in [0.15, 0.2) is 11.6 Å². The fraction of sp³-hybridized carbons (Fsp3) is 0.500. The summed E-state index contributed by atoms with van der Waals surface area (Å²) < 4.78 is 18.4. The molecule has 1 saturated carbocycles. The topological polar surface area (TPSA) is 64.3 Å². The predicted octanol–water partition coefficient (Wildman–Crippen LogP) is 2.15. The van der Waals surface area contributed by atoms with Crippen LogP contribution in [0.5, 0.6) is 5.75 Å². The molecule has 1 aliphatic carbocycles. The number of carbonyl (C=O) groups excluding carboxylic acids is 1. The van der Waals surface area contributed by atoms with Gasteiger partial charge in [-0.25, -0.2) is 4.39 Å². The van der Waals surface area contributed by atoms with Gasteiger partial charge in [0.05, 0.1) is 7.11 Å². The van der Waals surface area contributed by atoms with Crippen LogP contribution in [0.15, 0.2) is 18.2 Å². The maximum atomic E-state index is 13.5. The average molecular weight is 266 g/mol. The molecule has 0 aliphatic heterocycles. The fourth-order valence-electron chi connectivity index (χ4n) is 2.64. The molecule has 0 radical (unpaired) electrons. The Labute approximate surface area is 112 Å². The molecular formula is C14H19FN2O2. The molecule has 2 rings (SSSR count). The molecule has 0 bridgehead atoms. The SMILES string of the molecule is COc1ccc(NC(=O)C2CCCC2CN)cc1F. The zero-order chi connectivity index (χ0) is 13.8. The van der Waals surface area contributed by atoms with E-state index in [0.717, 1.165) is 19.3 Å². The summed E-state index contributed by atoms with van der Waals surface area (Å²) in [4.78, 5) is 12.1. The quantitative estimate of drug-likeness (QED) is 0.877. The lowest BCUT2D eigenvalue weighted by atomic mass is 9.95. The molecule has 1 aliphatic rings. The average Bonchev–Trinajstić information content (AvgIpc) is 2.87. The minimum atomic E-state index is -0.484. The van der Waals surface area contributed by atoms with Gasteiger partial charge in [-0.05, 0) is 37.4 Å². The van der Waals surface area contributed by atoms with Gasteiger partial charge in [-0.3, -0.25) is 4.79 Å².